The van der Waals surface area contributed by atoms with Gasteiger partial charge in [-0.3, -0.25) is 5.32 Å². The number of carbonyl (C=O) groups is 1. The quantitative estimate of drug-likeness (QED) is 0.321. The van der Waals surface area contributed by atoms with Gasteiger partial charge >= 0.3 is 5.97 Å². The fourth-order valence-corrected chi connectivity index (χ4v) is 1.00. The average Bonchev–Trinajstić information content (AvgIpc) is 2.35. The lowest BCUT2D eigenvalue weighted by Gasteiger charge is -2.35. The Kier molecular flexibility index (Phi) is 1.95. The molecule has 1 heterocycles. The molecule has 1 aliphatic heterocycles. The standard InChI is InChI=1S/C6H10N2O3/c1-5(6(9)10)8(11)3-2-7-4-8/h7H,1-4H2,(H,9,10). The minimum atomic E-state index is -1.22. The van der Waals surface area contributed by atoms with Crippen LogP contribution in [0.15, 0.2) is 12.3 Å². The van der Waals surface area contributed by atoms with Crippen LogP contribution in [0.3, 0.4) is 0 Å². The van der Waals surface area contributed by atoms with Crippen LogP contribution in [0.2, 0.25) is 0 Å². The summed E-state index contributed by atoms with van der Waals surface area (Å²) in [6, 6.07) is 0. The molecule has 0 aromatic rings. The van der Waals surface area contributed by atoms with E-state index in [1.165, 1.54) is 0 Å². The van der Waals surface area contributed by atoms with Crippen LogP contribution in [0.4, 0.5) is 0 Å². The fourth-order valence-electron chi connectivity index (χ4n) is 1.00. The lowest BCUT2D eigenvalue weighted by Crippen LogP contribution is -2.41. The molecule has 1 saturated heterocycles. The number of nitrogens with zero attached hydrogens (tertiary/aromatic N) is 1. The van der Waals surface area contributed by atoms with E-state index < -0.39 is 10.6 Å². The van der Waals surface area contributed by atoms with Crippen molar-refractivity contribution >= 4 is 5.97 Å². The molecule has 0 amide bonds. The second-order valence-electron chi connectivity index (χ2n) is 2.52. The van der Waals surface area contributed by atoms with Crippen LogP contribution in [-0.4, -0.2) is 35.5 Å². The molecule has 0 bridgehead atoms. The third kappa shape index (κ3) is 1.40. The molecule has 1 rings (SSSR count). The maximum atomic E-state index is 11.4. The number of rotatable bonds is 2. The predicted molar refractivity (Wildman–Crippen MR) is 38.1 cm³/mol. The van der Waals surface area contributed by atoms with Gasteiger partial charge in [0.15, 0.2) is 0 Å². The van der Waals surface area contributed by atoms with Crippen molar-refractivity contribution in [3.8, 4) is 0 Å². The lowest BCUT2D eigenvalue weighted by molar-refractivity contribution is -0.825. The summed E-state index contributed by atoms with van der Waals surface area (Å²) in [6.45, 7) is 4.15. The predicted octanol–water partition coefficient (Wildman–Crippen LogP) is -0.540. The first-order chi connectivity index (χ1) is 5.06. The molecule has 1 unspecified atom stereocenters. The minimum Gasteiger partial charge on any atom is -0.626 e. The van der Waals surface area contributed by atoms with Gasteiger partial charge in [0.2, 0.25) is 5.70 Å². The van der Waals surface area contributed by atoms with E-state index in [9.17, 15) is 10.0 Å². The Morgan fingerprint density at radius 2 is 2.36 bits per heavy atom. The van der Waals surface area contributed by atoms with Crippen molar-refractivity contribution in [2.45, 2.75) is 0 Å². The van der Waals surface area contributed by atoms with Crippen molar-refractivity contribution in [2.75, 3.05) is 19.8 Å². The summed E-state index contributed by atoms with van der Waals surface area (Å²) in [4.78, 5) is 10.3. The molecular formula is C6H10N2O3. The molecule has 1 aliphatic rings. The van der Waals surface area contributed by atoms with E-state index in [0.29, 0.717) is 6.54 Å². The summed E-state index contributed by atoms with van der Waals surface area (Å²) in [6.07, 6.45) is 0. The Bertz CT molecular complexity index is 196. The molecule has 1 atom stereocenters. The van der Waals surface area contributed by atoms with Gasteiger partial charge < -0.3 is 15.0 Å². The first-order valence-corrected chi connectivity index (χ1v) is 3.28. The number of hydroxylamine groups is 3. The number of hydrogen-bond acceptors (Lipinski definition) is 3. The Balaban J connectivity index is 2.71. The lowest BCUT2D eigenvalue weighted by atomic mass is 10.4. The number of carboxylic acid groups (broad SMARTS) is 1. The van der Waals surface area contributed by atoms with Crippen LogP contribution in [-0.2, 0) is 4.79 Å². The molecule has 5 nitrogen and oxygen atoms in total. The van der Waals surface area contributed by atoms with Crippen molar-refractivity contribution in [1.82, 2.24) is 5.32 Å². The van der Waals surface area contributed by atoms with Crippen molar-refractivity contribution in [2.24, 2.45) is 0 Å². The van der Waals surface area contributed by atoms with E-state index >= 15 is 0 Å². The molecule has 2 N–H and O–H groups in total. The first-order valence-electron chi connectivity index (χ1n) is 3.28. The number of carboxylic acids is 1. The van der Waals surface area contributed by atoms with Gasteiger partial charge in [-0.25, -0.2) is 4.79 Å². The van der Waals surface area contributed by atoms with Crippen molar-refractivity contribution in [1.29, 1.82) is 0 Å². The molecule has 5 heteroatoms. The molecule has 11 heavy (non-hydrogen) atoms. The molecule has 1 fully saturated rings. The number of nitrogens with one attached hydrogen (secondary N) is 1. The third-order valence-electron chi connectivity index (χ3n) is 1.76. The van der Waals surface area contributed by atoms with E-state index in [1.807, 2.05) is 0 Å². The zero-order chi connectivity index (χ0) is 8.48. The zero-order valence-corrected chi connectivity index (χ0v) is 6.04. The molecule has 62 valence electrons. The Morgan fingerprint density at radius 3 is 2.73 bits per heavy atom. The largest absolute Gasteiger partial charge is 0.626 e. The van der Waals surface area contributed by atoms with Gasteiger partial charge in [0.25, 0.3) is 0 Å². The summed E-state index contributed by atoms with van der Waals surface area (Å²) in [5.41, 5.74) is -0.296. The Hall–Kier alpha value is -0.910. The molecule has 0 aromatic carbocycles. The Morgan fingerprint density at radius 1 is 1.73 bits per heavy atom. The third-order valence-corrected chi connectivity index (χ3v) is 1.76. The van der Waals surface area contributed by atoms with Gasteiger partial charge in [-0.15, -0.1) is 0 Å². The second-order valence-corrected chi connectivity index (χ2v) is 2.52. The summed E-state index contributed by atoms with van der Waals surface area (Å²) in [5, 5.41) is 22.7. The highest BCUT2D eigenvalue weighted by atomic mass is 16.6. The molecule has 0 aliphatic carbocycles. The van der Waals surface area contributed by atoms with Gasteiger partial charge in [-0.05, 0) is 6.58 Å². The SMILES string of the molecule is C=C(C(=O)O)[N+]1([O-])CCNC1. The van der Waals surface area contributed by atoms with Gasteiger partial charge in [0.1, 0.15) is 6.67 Å². The van der Waals surface area contributed by atoms with Crippen LogP contribution in [0.25, 0.3) is 0 Å². The highest BCUT2D eigenvalue weighted by Crippen LogP contribution is 2.15. The van der Waals surface area contributed by atoms with E-state index in [0.717, 1.165) is 0 Å². The molecule has 0 radical (unpaired) electrons. The average molecular weight is 158 g/mol. The first kappa shape index (κ1) is 8.19. The monoisotopic (exact) mass is 158 g/mol. The summed E-state index contributed by atoms with van der Waals surface area (Å²) >= 11 is 0. The van der Waals surface area contributed by atoms with Gasteiger partial charge in [0, 0.05) is 0 Å². The maximum Gasteiger partial charge on any atom is 0.390 e. The highest BCUT2D eigenvalue weighted by molar-refractivity contribution is 5.83. The van der Waals surface area contributed by atoms with Crippen LogP contribution in [0, 0.1) is 5.21 Å². The molecular weight excluding hydrogens is 148 g/mol. The van der Waals surface area contributed by atoms with Crippen LogP contribution in [0.5, 0.6) is 0 Å². The van der Waals surface area contributed by atoms with Crippen molar-refractivity contribution in [3.63, 3.8) is 0 Å². The smallest absolute Gasteiger partial charge is 0.390 e. The van der Waals surface area contributed by atoms with Gasteiger partial charge in [-0.2, -0.15) is 0 Å². The summed E-state index contributed by atoms with van der Waals surface area (Å²) in [5.74, 6) is -1.22. The van der Waals surface area contributed by atoms with Crippen molar-refractivity contribution < 1.29 is 14.5 Å². The number of quaternary nitrogens is 1. The van der Waals surface area contributed by atoms with E-state index in [-0.39, 0.29) is 18.9 Å². The van der Waals surface area contributed by atoms with E-state index in [1.54, 1.807) is 0 Å². The minimum absolute atomic E-state index is 0.116. The maximum absolute atomic E-state index is 11.4. The highest BCUT2D eigenvalue weighted by Gasteiger charge is 2.30. The molecule has 0 spiro atoms. The van der Waals surface area contributed by atoms with Gasteiger partial charge in [0.05, 0.1) is 13.1 Å². The topological polar surface area (TPSA) is 72.4 Å². The van der Waals surface area contributed by atoms with Crippen molar-refractivity contribution in [3.05, 3.63) is 17.5 Å². The van der Waals surface area contributed by atoms with Crippen LogP contribution in [0.1, 0.15) is 0 Å². The second kappa shape index (κ2) is 2.61. The molecule has 0 aromatic heterocycles. The molecule has 0 saturated carbocycles. The van der Waals surface area contributed by atoms with E-state index in [4.69, 9.17) is 5.11 Å². The number of aliphatic carboxylic acids is 1. The summed E-state index contributed by atoms with van der Waals surface area (Å²) < 4.78 is -0.838. The van der Waals surface area contributed by atoms with Gasteiger partial charge in [-0.1, -0.05) is 0 Å². The van der Waals surface area contributed by atoms with E-state index in [2.05, 4.69) is 11.9 Å². The fraction of sp³-hybridized carbons (Fsp3) is 0.500. The summed E-state index contributed by atoms with van der Waals surface area (Å²) in [7, 11) is 0. The normalized spacial score (nSPS) is 30.3. The van der Waals surface area contributed by atoms with Crippen LogP contribution >= 0.6 is 0 Å². The zero-order valence-electron chi connectivity index (χ0n) is 6.04. The Labute approximate surface area is 64.1 Å². The van der Waals surface area contributed by atoms with Crippen LogP contribution < -0.4 is 5.32 Å². The number of hydrogen-bond donors (Lipinski definition) is 2.